The van der Waals surface area contributed by atoms with Crippen LogP contribution in [-0.4, -0.2) is 25.3 Å². The van der Waals surface area contributed by atoms with Gasteiger partial charge in [-0.05, 0) is 60.8 Å². The summed E-state index contributed by atoms with van der Waals surface area (Å²) in [5, 5.41) is 0. The number of aryl methyl sites for hydroxylation is 1. The molecule has 1 aromatic rings. The van der Waals surface area contributed by atoms with Crippen LogP contribution in [0.1, 0.15) is 45.6 Å². The minimum absolute atomic E-state index is 0.0730. The predicted molar refractivity (Wildman–Crippen MR) is 91.8 cm³/mol. The van der Waals surface area contributed by atoms with Crippen LogP contribution in [0.2, 0.25) is 0 Å². The smallest absolute Gasteiger partial charge is 0.243 e. The van der Waals surface area contributed by atoms with E-state index in [2.05, 4.69) is 22.9 Å². The molecule has 2 N–H and O–H groups in total. The van der Waals surface area contributed by atoms with Crippen molar-refractivity contribution in [3.8, 4) is 0 Å². The Kier molecular flexibility index (Phi) is 6.69. The number of nitrogens with zero attached hydrogens (tertiary/aromatic N) is 1. The number of hydrogen-bond acceptors (Lipinski definition) is 3. The zero-order valence-corrected chi connectivity index (χ0v) is 15.6. The maximum atomic E-state index is 12.9. The van der Waals surface area contributed by atoms with Crippen molar-refractivity contribution in [2.45, 2.75) is 57.9 Å². The van der Waals surface area contributed by atoms with Gasteiger partial charge >= 0.3 is 0 Å². The molecule has 120 valence electrons. The van der Waals surface area contributed by atoms with Gasteiger partial charge in [0.1, 0.15) is 0 Å². The average molecular weight is 377 g/mol. The summed E-state index contributed by atoms with van der Waals surface area (Å²) in [6.45, 7) is 8.25. The van der Waals surface area contributed by atoms with Crippen molar-refractivity contribution >= 4 is 31.6 Å². The Hall–Kier alpha value is -0.590. The second-order valence-electron chi connectivity index (χ2n) is 5.56. The van der Waals surface area contributed by atoms with Crippen LogP contribution in [0.5, 0.6) is 0 Å². The van der Waals surface area contributed by atoms with E-state index in [0.29, 0.717) is 22.7 Å². The molecule has 0 saturated carbocycles. The summed E-state index contributed by atoms with van der Waals surface area (Å²) in [4.78, 5) is 0.299. The van der Waals surface area contributed by atoms with E-state index in [1.54, 1.807) is 23.4 Å². The summed E-state index contributed by atoms with van der Waals surface area (Å²) >= 11 is 3.33. The Morgan fingerprint density at radius 3 is 2.43 bits per heavy atom. The molecule has 0 atom stereocenters. The van der Waals surface area contributed by atoms with Crippen LogP contribution in [0.4, 0.5) is 5.69 Å². The van der Waals surface area contributed by atoms with Gasteiger partial charge in [-0.3, -0.25) is 0 Å². The Bertz CT molecular complexity index is 586. The average Bonchev–Trinajstić information content (AvgIpc) is 2.38. The Labute approximate surface area is 136 Å². The van der Waals surface area contributed by atoms with Gasteiger partial charge in [-0.15, -0.1) is 0 Å². The third-order valence-corrected chi connectivity index (χ3v) is 6.34. The summed E-state index contributed by atoms with van der Waals surface area (Å²) in [6.07, 6.45) is 2.97. The maximum Gasteiger partial charge on any atom is 0.243 e. The molecule has 0 aliphatic heterocycles. The van der Waals surface area contributed by atoms with Crippen molar-refractivity contribution in [2.24, 2.45) is 0 Å². The van der Waals surface area contributed by atoms with E-state index in [1.807, 2.05) is 13.8 Å². The van der Waals surface area contributed by atoms with Gasteiger partial charge < -0.3 is 5.73 Å². The molecule has 0 unspecified atom stereocenters. The molecule has 4 nitrogen and oxygen atoms in total. The van der Waals surface area contributed by atoms with Crippen molar-refractivity contribution in [1.29, 1.82) is 0 Å². The van der Waals surface area contributed by atoms with Crippen LogP contribution in [0.3, 0.4) is 0 Å². The third kappa shape index (κ3) is 4.44. The fourth-order valence-corrected chi connectivity index (χ4v) is 4.62. The highest BCUT2D eigenvalue weighted by atomic mass is 79.9. The summed E-state index contributed by atoms with van der Waals surface area (Å²) in [6, 6.07) is 3.23. The first-order valence-corrected chi connectivity index (χ1v) is 9.52. The largest absolute Gasteiger partial charge is 0.398 e. The quantitative estimate of drug-likeness (QED) is 0.579. The summed E-state index contributed by atoms with van der Waals surface area (Å²) in [5.41, 5.74) is 7.00. The van der Waals surface area contributed by atoms with Crippen LogP contribution >= 0.6 is 15.9 Å². The number of benzene rings is 1. The molecule has 6 heteroatoms. The zero-order chi connectivity index (χ0) is 16.2. The van der Waals surface area contributed by atoms with Gasteiger partial charge in [0.2, 0.25) is 10.0 Å². The molecule has 0 radical (unpaired) electrons. The Morgan fingerprint density at radius 2 is 1.90 bits per heavy atom. The van der Waals surface area contributed by atoms with Gasteiger partial charge in [-0.2, -0.15) is 4.31 Å². The molecule has 0 bridgehead atoms. The topological polar surface area (TPSA) is 63.4 Å². The molecule has 0 aliphatic rings. The molecule has 0 amide bonds. The summed E-state index contributed by atoms with van der Waals surface area (Å²) in [5.74, 6) is 0. The van der Waals surface area contributed by atoms with Crippen LogP contribution in [-0.2, 0) is 10.0 Å². The van der Waals surface area contributed by atoms with E-state index >= 15 is 0 Å². The van der Waals surface area contributed by atoms with Gasteiger partial charge in [0.05, 0.1) is 4.90 Å². The number of halogens is 1. The molecule has 0 spiro atoms. The first-order valence-electron chi connectivity index (χ1n) is 7.29. The minimum atomic E-state index is -3.52. The first-order chi connectivity index (χ1) is 9.71. The molecule has 0 fully saturated rings. The molecule has 0 aliphatic carbocycles. The predicted octanol–water partition coefficient (Wildman–Crippen LogP) is 3.93. The fourth-order valence-electron chi connectivity index (χ4n) is 2.25. The molecular weight excluding hydrogens is 352 g/mol. The van der Waals surface area contributed by atoms with Crippen LogP contribution in [0.15, 0.2) is 21.5 Å². The van der Waals surface area contributed by atoms with Crippen LogP contribution in [0.25, 0.3) is 0 Å². The Balaban J connectivity index is 3.20. The van der Waals surface area contributed by atoms with Crippen molar-refractivity contribution < 1.29 is 8.42 Å². The fraction of sp³-hybridized carbons (Fsp3) is 0.600. The van der Waals surface area contributed by atoms with Crippen molar-refractivity contribution in [3.05, 3.63) is 22.2 Å². The zero-order valence-electron chi connectivity index (χ0n) is 13.2. The van der Waals surface area contributed by atoms with Crippen molar-refractivity contribution in [2.75, 3.05) is 12.3 Å². The SMILES string of the molecule is CCCCCN(C(C)C)S(=O)(=O)c1cc(N)c(Br)cc1C. The highest BCUT2D eigenvalue weighted by Crippen LogP contribution is 2.29. The number of nitrogens with two attached hydrogens (primary N) is 1. The highest BCUT2D eigenvalue weighted by molar-refractivity contribution is 9.10. The van der Waals surface area contributed by atoms with E-state index < -0.39 is 10.0 Å². The number of unbranched alkanes of at least 4 members (excludes halogenated alkanes) is 2. The number of anilines is 1. The third-order valence-electron chi connectivity index (χ3n) is 3.44. The van der Waals surface area contributed by atoms with E-state index in [-0.39, 0.29) is 6.04 Å². The number of sulfonamides is 1. The van der Waals surface area contributed by atoms with E-state index in [4.69, 9.17) is 5.73 Å². The normalized spacial score (nSPS) is 12.3. The maximum absolute atomic E-state index is 12.9. The molecule has 0 heterocycles. The second kappa shape index (κ2) is 7.61. The highest BCUT2D eigenvalue weighted by Gasteiger charge is 2.28. The monoisotopic (exact) mass is 376 g/mol. The standard InChI is InChI=1S/C15H25BrN2O2S/c1-5-6-7-8-18(11(2)3)21(19,20)15-10-14(17)13(16)9-12(15)4/h9-11H,5-8,17H2,1-4H3. The minimum Gasteiger partial charge on any atom is -0.398 e. The first kappa shape index (κ1) is 18.5. The van der Waals surface area contributed by atoms with Crippen LogP contribution in [0, 0.1) is 6.92 Å². The van der Waals surface area contributed by atoms with Gasteiger partial charge in [0.25, 0.3) is 0 Å². The number of hydrogen-bond donors (Lipinski definition) is 1. The Morgan fingerprint density at radius 1 is 1.29 bits per heavy atom. The molecule has 21 heavy (non-hydrogen) atoms. The van der Waals surface area contributed by atoms with Crippen molar-refractivity contribution in [3.63, 3.8) is 0 Å². The van der Waals surface area contributed by atoms with Gasteiger partial charge in [0.15, 0.2) is 0 Å². The van der Waals surface area contributed by atoms with E-state index in [0.717, 1.165) is 23.7 Å². The number of nitrogen functional groups attached to an aromatic ring is 1. The van der Waals surface area contributed by atoms with Gasteiger partial charge in [-0.1, -0.05) is 19.8 Å². The molecule has 0 saturated heterocycles. The lowest BCUT2D eigenvalue weighted by Crippen LogP contribution is -2.38. The molecule has 1 aromatic carbocycles. The second-order valence-corrected chi connectivity index (χ2v) is 8.27. The van der Waals surface area contributed by atoms with Crippen molar-refractivity contribution in [1.82, 2.24) is 4.31 Å². The lowest BCUT2D eigenvalue weighted by Gasteiger charge is -2.27. The number of rotatable bonds is 7. The lowest BCUT2D eigenvalue weighted by atomic mass is 10.2. The lowest BCUT2D eigenvalue weighted by molar-refractivity contribution is 0.345. The van der Waals surface area contributed by atoms with E-state index in [1.165, 1.54) is 0 Å². The van der Waals surface area contributed by atoms with Crippen LogP contribution < -0.4 is 5.73 Å². The van der Waals surface area contributed by atoms with E-state index in [9.17, 15) is 8.42 Å². The summed E-state index contributed by atoms with van der Waals surface area (Å²) in [7, 11) is -3.52. The van der Waals surface area contributed by atoms with Gasteiger partial charge in [0, 0.05) is 22.7 Å². The molecule has 0 aromatic heterocycles. The molecular formula is C15H25BrN2O2S. The summed E-state index contributed by atoms with van der Waals surface area (Å²) < 4.78 is 28.1. The molecule has 1 rings (SSSR count). The van der Waals surface area contributed by atoms with Gasteiger partial charge in [-0.25, -0.2) is 8.42 Å².